The second kappa shape index (κ2) is 12.3. The van der Waals surface area contributed by atoms with E-state index in [1.54, 1.807) is 36.4 Å². The maximum atomic E-state index is 12.0. The van der Waals surface area contributed by atoms with Crippen LogP contribution in [0.2, 0.25) is 20.1 Å². The average molecular weight is 476 g/mol. The first-order chi connectivity index (χ1) is 13.9. The highest BCUT2D eigenvalue weighted by Crippen LogP contribution is 2.23. The summed E-state index contributed by atoms with van der Waals surface area (Å²) in [7, 11) is 0. The predicted octanol–water partition coefficient (Wildman–Crippen LogP) is 6.41. The van der Waals surface area contributed by atoms with E-state index in [-0.39, 0.29) is 11.8 Å². The third-order valence-corrected chi connectivity index (χ3v) is 5.77. The molecule has 0 aliphatic heterocycles. The molecule has 2 aromatic carbocycles. The van der Waals surface area contributed by atoms with E-state index < -0.39 is 0 Å². The van der Waals surface area contributed by atoms with Gasteiger partial charge >= 0.3 is 0 Å². The summed E-state index contributed by atoms with van der Waals surface area (Å²) in [6.07, 6.45) is 4.82. The lowest BCUT2D eigenvalue weighted by atomic mass is 10.1. The van der Waals surface area contributed by atoms with Crippen LogP contribution in [-0.4, -0.2) is 24.9 Å². The van der Waals surface area contributed by atoms with Crippen LogP contribution in [0.3, 0.4) is 0 Å². The van der Waals surface area contributed by atoms with Crippen molar-refractivity contribution in [2.45, 2.75) is 32.1 Å². The second-order valence-electron chi connectivity index (χ2n) is 6.54. The van der Waals surface area contributed by atoms with Gasteiger partial charge in [0.05, 0.1) is 20.1 Å². The molecule has 2 rings (SSSR count). The smallest absolute Gasteiger partial charge is 0.251 e. The molecule has 0 bridgehead atoms. The SMILES string of the molecule is O=C(NCCCCCCCNC(=O)c1ccc(Cl)c(Cl)c1)c1ccc(Cl)c(Cl)c1. The normalized spacial score (nSPS) is 10.6. The van der Waals surface area contributed by atoms with Gasteiger partial charge in [0.15, 0.2) is 0 Å². The minimum absolute atomic E-state index is 0.159. The van der Waals surface area contributed by atoms with E-state index in [9.17, 15) is 9.59 Å². The van der Waals surface area contributed by atoms with Gasteiger partial charge in [0.1, 0.15) is 0 Å². The molecule has 0 unspecified atom stereocenters. The number of carbonyl (C=O) groups excluding carboxylic acids is 2. The Bertz CT molecular complexity index is 789. The van der Waals surface area contributed by atoms with E-state index in [1.807, 2.05) is 0 Å². The van der Waals surface area contributed by atoms with E-state index in [0.29, 0.717) is 44.3 Å². The zero-order valence-electron chi connectivity index (χ0n) is 15.7. The van der Waals surface area contributed by atoms with Crippen molar-refractivity contribution in [1.82, 2.24) is 10.6 Å². The molecule has 8 heteroatoms. The Hall–Kier alpha value is -1.46. The molecular weight excluding hydrogens is 454 g/mol. The minimum atomic E-state index is -0.159. The molecule has 0 saturated heterocycles. The van der Waals surface area contributed by atoms with Crippen molar-refractivity contribution in [3.63, 3.8) is 0 Å². The summed E-state index contributed by atoms with van der Waals surface area (Å²) >= 11 is 23.5. The lowest BCUT2D eigenvalue weighted by Crippen LogP contribution is -2.24. The lowest BCUT2D eigenvalue weighted by Gasteiger charge is -2.07. The number of nitrogens with one attached hydrogen (secondary N) is 2. The minimum Gasteiger partial charge on any atom is -0.352 e. The summed E-state index contributed by atoms with van der Waals surface area (Å²) in [4.78, 5) is 24.1. The summed E-state index contributed by atoms with van der Waals surface area (Å²) in [6, 6.07) is 9.64. The van der Waals surface area contributed by atoms with Crippen LogP contribution in [0.1, 0.15) is 52.8 Å². The first-order valence-corrected chi connectivity index (χ1v) is 10.9. The number of rotatable bonds is 10. The third kappa shape index (κ3) is 8.06. The fourth-order valence-corrected chi connectivity index (χ4v) is 3.26. The molecule has 2 amide bonds. The van der Waals surface area contributed by atoms with Crippen molar-refractivity contribution in [3.8, 4) is 0 Å². The second-order valence-corrected chi connectivity index (χ2v) is 8.17. The predicted molar refractivity (Wildman–Crippen MR) is 121 cm³/mol. The number of hydrogen-bond donors (Lipinski definition) is 2. The number of carbonyl (C=O) groups is 2. The monoisotopic (exact) mass is 474 g/mol. The van der Waals surface area contributed by atoms with Crippen LogP contribution in [0.15, 0.2) is 36.4 Å². The molecule has 0 radical (unpaired) electrons. The quantitative estimate of drug-likeness (QED) is 0.390. The molecule has 4 nitrogen and oxygen atoms in total. The summed E-state index contributed by atoms with van der Waals surface area (Å²) in [5.41, 5.74) is 0.995. The maximum absolute atomic E-state index is 12.0. The maximum Gasteiger partial charge on any atom is 0.251 e. The highest BCUT2D eigenvalue weighted by molar-refractivity contribution is 6.42. The van der Waals surface area contributed by atoms with Gasteiger partial charge in [-0.2, -0.15) is 0 Å². The summed E-state index contributed by atoms with van der Waals surface area (Å²) in [6.45, 7) is 1.21. The highest BCUT2D eigenvalue weighted by Gasteiger charge is 2.08. The van der Waals surface area contributed by atoms with Crippen molar-refractivity contribution < 1.29 is 9.59 Å². The Morgan fingerprint density at radius 1 is 0.586 bits per heavy atom. The molecule has 0 atom stereocenters. The third-order valence-electron chi connectivity index (χ3n) is 4.29. The van der Waals surface area contributed by atoms with Gasteiger partial charge in [0, 0.05) is 24.2 Å². The van der Waals surface area contributed by atoms with Crippen LogP contribution >= 0.6 is 46.4 Å². The van der Waals surface area contributed by atoms with Crippen molar-refractivity contribution in [1.29, 1.82) is 0 Å². The number of halogens is 4. The molecule has 0 aromatic heterocycles. The first kappa shape index (κ1) is 23.8. The van der Waals surface area contributed by atoms with Crippen LogP contribution in [0.25, 0.3) is 0 Å². The van der Waals surface area contributed by atoms with Gasteiger partial charge in [0.2, 0.25) is 0 Å². The molecule has 0 aliphatic rings. The molecule has 0 fully saturated rings. The van der Waals surface area contributed by atoms with E-state index in [2.05, 4.69) is 10.6 Å². The standard InChI is InChI=1S/C21H22Cl4N2O2/c22-16-8-6-14(12-18(16)24)20(28)26-10-4-2-1-3-5-11-27-21(29)15-7-9-17(23)19(25)13-15/h6-9,12-13H,1-5,10-11H2,(H,26,28)(H,27,29). The fraction of sp³-hybridized carbons (Fsp3) is 0.333. The topological polar surface area (TPSA) is 58.2 Å². The largest absolute Gasteiger partial charge is 0.352 e. The summed E-state index contributed by atoms with van der Waals surface area (Å²) in [5.74, 6) is -0.317. The van der Waals surface area contributed by atoms with Crippen LogP contribution in [0.4, 0.5) is 0 Å². The van der Waals surface area contributed by atoms with Gasteiger partial charge in [0.25, 0.3) is 11.8 Å². The molecule has 2 N–H and O–H groups in total. The lowest BCUT2D eigenvalue weighted by molar-refractivity contribution is 0.0945. The van der Waals surface area contributed by atoms with E-state index in [1.165, 1.54) is 0 Å². The molecule has 156 valence electrons. The average Bonchev–Trinajstić information content (AvgIpc) is 2.70. The molecule has 0 spiro atoms. The number of hydrogen-bond acceptors (Lipinski definition) is 2. The van der Waals surface area contributed by atoms with Gasteiger partial charge in [-0.05, 0) is 49.2 Å². The molecule has 29 heavy (non-hydrogen) atoms. The highest BCUT2D eigenvalue weighted by atomic mass is 35.5. The van der Waals surface area contributed by atoms with Crippen molar-refractivity contribution in [2.24, 2.45) is 0 Å². The van der Waals surface area contributed by atoms with E-state index in [4.69, 9.17) is 46.4 Å². The van der Waals surface area contributed by atoms with Crippen molar-refractivity contribution in [3.05, 3.63) is 67.6 Å². The van der Waals surface area contributed by atoms with Crippen LogP contribution < -0.4 is 10.6 Å². The van der Waals surface area contributed by atoms with Crippen LogP contribution in [0.5, 0.6) is 0 Å². The zero-order valence-corrected chi connectivity index (χ0v) is 18.8. The fourth-order valence-electron chi connectivity index (χ4n) is 2.66. The van der Waals surface area contributed by atoms with E-state index >= 15 is 0 Å². The molecule has 0 aliphatic carbocycles. The first-order valence-electron chi connectivity index (χ1n) is 9.35. The zero-order chi connectivity index (χ0) is 21.2. The molecule has 2 aromatic rings. The van der Waals surface area contributed by atoms with E-state index in [0.717, 1.165) is 32.1 Å². The van der Waals surface area contributed by atoms with Crippen molar-refractivity contribution >= 4 is 58.2 Å². The summed E-state index contributed by atoms with van der Waals surface area (Å²) in [5, 5.41) is 7.33. The van der Waals surface area contributed by atoms with Gasteiger partial charge in [-0.25, -0.2) is 0 Å². The number of benzene rings is 2. The Balaban J connectivity index is 1.52. The Kier molecular flexibility index (Phi) is 10.1. The van der Waals surface area contributed by atoms with Gasteiger partial charge in [-0.3, -0.25) is 9.59 Å². The van der Waals surface area contributed by atoms with Crippen LogP contribution in [-0.2, 0) is 0 Å². The number of amides is 2. The Labute approximate surface area is 190 Å². The van der Waals surface area contributed by atoms with Crippen LogP contribution in [0, 0.1) is 0 Å². The molecule has 0 heterocycles. The molecule has 0 saturated carbocycles. The van der Waals surface area contributed by atoms with Gasteiger partial charge < -0.3 is 10.6 Å². The van der Waals surface area contributed by atoms with Gasteiger partial charge in [-0.1, -0.05) is 65.7 Å². The Morgan fingerprint density at radius 2 is 0.966 bits per heavy atom. The number of unbranched alkanes of at least 4 members (excludes halogenated alkanes) is 4. The van der Waals surface area contributed by atoms with Gasteiger partial charge in [-0.15, -0.1) is 0 Å². The van der Waals surface area contributed by atoms with Crippen molar-refractivity contribution in [2.75, 3.05) is 13.1 Å². The Morgan fingerprint density at radius 3 is 1.34 bits per heavy atom. The molecular formula is C21H22Cl4N2O2. The summed E-state index contributed by atoms with van der Waals surface area (Å²) < 4.78 is 0.